The SMILES string of the molecule is C=C(C)COCCCCc1cc(CCCCOC(=O)C(=C)C)c2oc(=O)c(-c3ccc(OC(=O)C(=C)C)cc3)cc2c1. The van der Waals surface area contributed by atoms with Gasteiger partial charge in [-0.15, -0.1) is 0 Å². The Kier molecular flexibility index (Phi) is 12.1. The predicted molar refractivity (Wildman–Crippen MR) is 166 cm³/mol. The van der Waals surface area contributed by atoms with Crippen LogP contribution in [0.15, 0.2) is 88.1 Å². The predicted octanol–water partition coefficient (Wildman–Crippen LogP) is 7.30. The van der Waals surface area contributed by atoms with E-state index in [0.717, 1.165) is 47.8 Å². The Morgan fingerprint density at radius 2 is 1.48 bits per heavy atom. The molecule has 42 heavy (non-hydrogen) atoms. The zero-order chi connectivity index (χ0) is 30.6. The van der Waals surface area contributed by atoms with Gasteiger partial charge >= 0.3 is 17.6 Å². The second-order valence-electron chi connectivity index (χ2n) is 10.7. The van der Waals surface area contributed by atoms with Gasteiger partial charge in [0.1, 0.15) is 11.3 Å². The Morgan fingerprint density at radius 3 is 2.14 bits per heavy atom. The third kappa shape index (κ3) is 9.70. The molecule has 0 bridgehead atoms. The van der Waals surface area contributed by atoms with Crippen molar-refractivity contribution < 1.29 is 28.2 Å². The summed E-state index contributed by atoms with van der Waals surface area (Å²) < 4.78 is 22.0. The smallest absolute Gasteiger partial charge is 0.344 e. The minimum Gasteiger partial charge on any atom is -0.462 e. The Balaban J connectivity index is 1.82. The zero-order valence-electron chi connectivity index (χ0n) is 24.9. The summed E-state index contributed by atoms with van der Waals surface area (Å²) in [6.45, 7) is 17.7. The minimum atomic E-state index is -0.510. The molecule has 0 aliphatic heterocycles. The quantitative estimate of drug-likeness (QED) is 0.0444. The molecule has 0 spiro atoms. The van der Waals surface area contributed by atoms with E-state index in [0.29, 0.717) is 66.3 Å². The minimum absolute atomic E-state index is 0.299. The first-order valence-electron chi connectivity index (χ1n) is 14.2. The van der Waals surface area contributed by atoms with Gasteiger partial charge in [0.25, 0.3) is 0 Å². The molecule has 0 saturated carbocycles. The number of esters is 2. The summed E-state index contributed by atoms with van der Waals surface area (Å²) in [5.74, 6) is -0.540. The normalized spacial score (nSPS) is 10.8. The van der Waals surface area contributed by atoms with Gasteiger partial charge in [-0.05, 0) is 100 Å². The number of unbranched alkanes of at least 4 members (excludes halogenated alkanes) is 2. The number of rotatable bonds is 16. The summed E-state index contributed by atoms with van der Waals surface area (Å²) in [7, 11) is 0. The maximum absolute atomic E-state index is 13.1. The van der Waals surface area contributed by atoms with Crippen LogP contribution in [0.3, 0.4) is 0 Å². The van der Waals surface area contributed by atoms with Crippen LogP contribution in [0.5, 0.6) is 5.75 Å². The number of aryl methyl sites for hydroxylation is 2. The zero-order valence-corrected chi connectivity index (χ0v) is 24.9. The van der Waals surface area contributed by atoms with Gasteiger partial charge in [0, 0.05) is 23.1 Å². The van der Waals surface area contributed by atoms with Gasteiger partial charge in [-0.2, -0.15) is 0 Å². The Hall–Kier alpha value is -4.23. The van der Waals surface area contributed by atoms with Gasteiger partial charge in [0.05, 0.1) is 18.8 Å². The van der Waals surface area contributed by atoms with Crippen LogP contribution in [-0.2, 0) is 31.9 Å². The van der Waals surface area contributed by atoms with Gasteiger partial charge in [0.2, 0.25) is 0 Å². The van der Waals surface area contributed by atoms with Crippen molar-refractivity contribution in [2.45, 2.75) is 59.3 Å². The van der Waals surface area contributed by atoms with Crippen LogP contribution in [0, 0.1) is 0 Å². The summed E-state index contributed by atoms with van der Waals surface area (Å²) >= 11 is 0. The highest BCUT2D eigenvalue weighted by molar-refractivity contribution is 5.89. The van der Waals surface area contributed by atoms with Crippen LogP contribution in [0.1, 0.15) is 57.6 Å². The molecule has 0 atom stereocenters. The summed E-state index contributed by atoms with van der Waals surface area (Å²) in [4.78, 5) is 36.6. The molecule has 0 N–H and O–H groups in total. The number of ether oxygens (including phenoxy) is 3. The number of carbonyl (C=O) groups excluding carboxylic acids is 2. The number of hydrogen-bond acceptors (Lipinski definition) is 7. The number of carbonyl (C=O) groups is 2. The topological polar surface area (TPSA) is 92.0 Å². The highest BCUT2D eigenvalue weighted by Crippen LogP contribution is 2.28. The van der Waals surface area contributed by atoms with E-state index in [1.165, 1.54) is 0 Å². The Morgan fingerprint density at radius 1 is 0.810 bits per heavy atom. The molecule has 222 valence electrons. The van der Waals surface area contributed by atoms with Crippen molar-refractivity contribution in [2.75, 3.05) is 19.8 Å². The number of fused-ring (bicyclic) bond motifs is 1. The van der Waals surface area contributed by atoms with Gasteiger partial charge in [0.15, 0.2) is 0 Å². The van der Waals surface area contributed by atoms with Gasteiger partial charge in [-0.25, -0.2) is 14.4 Å². The first-order valence-corrected chi connectivity index (χ1v) is 14.2. The molecule has 1 heterocycles. The van der Waals surface area contributed by atoms with Crippen molar-refractivity contribution in [3.63, 3.8) is 0 Å². The van der Waals surface area contributed by atoms with Crippen molar-refractivity contribution in [1.29, 1.82) is 0 Å². The summed E-state index contributed by atoms with van der Waals surface area (Å²) in [6.07, 6.45) is 4.83. The fourth-order valence-corrected chi connectivity index (χ4v) is 4.29. The first kappa shape index (κ1) is 32.3. The third-order valence-corrected chi connectivity index (χ3v) is 6.47. The van der Waals surface area contributed by atoms with Crippen molar-refractivity contribution in [2.24, 2.45) is 0 Å². The highest BCUT2D eigenvalue weighted by atomic mass is 16.5. The molecule has 1 aromatic heterocycles. The lowest BCUT2D eigenvalue weighted by atomic mass is 9.97. The largest absolute Gasteiger partial charge is 0.462 e. The first-order chi connectivity index (χ1) is 20.0. The van der Waals surface area contributed by atoms with E-state index in [-0.39, 0.29) is 0 Å². The molecule has 0 radical (unpaired) electrons. The molecular weight excluding hydrogens is 532 g/mol. The molecule has 3 aromatic rings. The van der Waals surface area contributed by atoms with Gasteiger partial charge in [-0.1, -0.05) is 43.5 Å². The lowest BCUT2D eigenvalue weighted by Gasteiger charge is -2.12. The Bertz CT molecular complexity index is 1510. The fraction of sp³-hybridized carbons (Fsp3) is 0.343. The van der Waals surface area contributed by atoms with Crippen LogP contribution in [-0.4, -0.2) is 31.8 Å². The fourth-order valence-electron chi connectivity index (χ4n) is 4.29. The van der Waals surface area contributed by atoms with Crippen molar-refractivity contribution in [3.05, 3.63) is 100 Å². The molecule has 0 saturated heterocycles. The average molecular weight is 573 g/mol. The van der Waals surface area contributed by atoms with Crippen LogP contribution in [0.25, 0.3) is 22.1 Å². The monoisotopic (exact) mass is 572 g/mol. The maximum Gasteiger partial charge on any atom is 0.344 e. The van der Waals surface area contributed by atoms with Crippen molar-refractivity contribution >= 4 is 22.9 Å². The molecular formula is C35H40O7. The standard InChI is InChI=1S/C35H40O7/c1-23(2)22-39-17-9-7-11-26-19-28(12-8-10-18-40-33(36)24(3)4)32-29(20-26)21-31(35(38)42-32)27-13-15-30(16-14-27)41-34(37)25(5)6/h13-16,19-21H,1,3,5,7-12,17-18,22H2,2,4,6H3. The van der Waals surface area contributed by atoms with Crippen LogP contribution in [0.4, 0.5) is 0 Å². The molecule has 2 aromatic carbocycles. The van der Waals surface area contributed by atoms with Gasteiger partial charge < -0.3 is 18.6 Å². The number of hydrogen-bond donors (Lipinski definition) is 0. The summed E-state index contributed by atoms with van der Waals surface area (Å²) in [5, 5.41) is 0.835. The van der Waals surface area contributed by atoms with Crippen LogP contribution >= 0.6 is 0 Å². The molecule has 0 aliphatic rings. The summed E-state index contributed by atoms with van der Waals surface area (Å²) in [5.41, 5.74) is 4.95. The van der Waals surface area contributed by atoms with E-state index in [1.807, 2.05) is 13.0 Å². The summed E-state index contributed by atoms with van der Waals surface area (Å²) in [6, 6.07) is 12.7. The van der Waals surface area contributed by atoms with E-state index in [4.69, 9.17) is 18.6 Å². The lowest BCUT2D eigenvalue weighted by molar-refractivity contribution is -0.139. The van der Waals surface area contributed by atoms with Crippen LogP contribution in [0.2, 0.25) is 0 Å². The molecule has 7 nitrogen and oxygen atoms in total. The van der Waals surface area contributed by atoms with E-state index < -0.39 is 17.6 Å². The van der Waals surface area contributed by atoms with Gasteiger partial charge in [-0.3, -0.25) is 0 Å². The van der Waals surface area contributed by atoms with E-state index in [2.05, 4.69) is 31.9 Å². The maximum atomic E-state index is 13.1. The lowest BCUT2D eigenvalue weighted by Crippen LogP contribution is -2.08. The molecule has 3 rings (SSSR count). The second-order valence-corrected chi connectivity index (χ2v) is 10.7. The van der Waals surface area contributed by atoms with E-state index in [9.17, 15) is 14.4 Å². The number of benzene rings is 2. The highest BCUT2D eigenvalue weighted by Gasteiger charge is 2.14. The molecule has 0 unspecified atom stereocenters. The van der Waals surface area contributed by atoms with Crippen molar-refractivity contribution in [3.8, 4) is 16.9 Å². The molecule has 0 aliphatic carbocycles. The van der Waals surface area contributed by atoms with Crippen LogP contribution < -0.4 is 10.4 Å². The van der Waals surface area contributed by atoms with E-state index >= 15 is 0 Å². The molecule has 0 fully saturated rings. The third-order valence-electron chi connectivity index (χ3n) is 6.47. The Labute approximate surface area is 247 Å². The van der Waals surface area contributed by atoms with E-state index in [1.54, 1.807) is 38.1 Å². The molecule has 0 amide bonds. The molecule has 7 heteroatoms. The average Bonchev–Trinajstić information content (AvgIpc) is 2.94. The second kappa shape index (κ2) is 15.7. The van der Waals surface area contributed by atoms with Crippen molar-refractivity contribution in [1.82, 2.24) is 0 Å².